The van der Waals surface area contributed by atoms with Crippen molar-refractivity contribution in [1.82, 2.24) is 4.98 Å². The summed E-state index contributed by atoms with van der Waals surface area (Å²) in [6.45, 7) is -0.803. The molecule has 0 saturated heterocycles. The molecular weight excluding hydrogens is 190 g/mol. The predicted molar refractivity (Wildman–Crippen MR) is 35.1 cm³/mol. The van der Waals surface area contributed by atoms with Gasteiger partial charge in [-0.15, -0.1) is 0 Å². The van der Waals surface area contributed by atoms with Gasteiger partial charge in [0.15, 0.2) is 0 Å². The van der Waals surface area contributed by atoms with Gasteiger partial charge in [-0.1, -0.05) is 0 Å². The van der Waals surface area contributed by atoms with Crippen LogP contribution >= 0.6 is 0 Å². The summed E-state index contributed by atoms with van der Waals surface area (Å²) in [5.74, 6) is -1.09. The molecule has 0 aliphatic rings. The maximum absolute atomic E-state index is 12.5. The van der Waals surface area contributed by atoms with Crippen LogP contribution in [0.4, 0.5) is 17.6 Å². The average Bonchev–Trinajstić information content (AvgIpc) is 2.03. The summed E-state index contributed by atoms with van der Waals surface area (Å²) < 4.78 is 48.5. The molecule has 13 heavy (non-hydrogen) atoms. The molecule has 0 aromatic carbocycles. The van der Waals surface area contributed by atoms with E-state index < -0.39 is 29.9 Å². The van der Waals surface area contributed by atoms with Gasteiger partial charge in [-0.3, -0.25) is 0 Å². The normalized spacial score (nSPS) is 11.8. The van der Waals surface area contributed by atoms with E-state index in [0.29, 0.717) is 12.3 Å². The predicted octanol–water partition coefficient (Wildman–Crippen LogP) is 1.73. The van der Waals surface area contributed by atoms with E-state index >= 15 is 0 Å². The first-order valence-corrected chi connectivity index (χ1v) is 3.27. The van der Waals surface area contributed by atoms with Crippen LogP contribution in [-0.4, -0.2) is 10.1 Å². The van der Waals surface area contributed by atoms with Crippen molar-refractivity contribution in [2.24, 2.45) is 0 Å². The van der Waals surface area contributed by atoms with Crippen LogP contribution in [0, 0.1) is 5.95 Å². The molecule has 0 radical (unpaired) electrons. The van der Waals surface area contributed by atoms with Gasteiger partial charge in [0, 0.05) is 11.8 Å². The van der Waals surface area contributed by atoms with E-state index in [1.165, 1.54) is 0 Å². The van der Waals surface area contributed by atoms with Crippen LogP contribution in [0.25, 0.3) is 0 Å². The third kappa shape index (κ3) is 2.15. The fraction of sp³-hybridized carbons (Fsp3) is 0.286. The van der Waals surface area contributed by atoms with Crippen molar-refractivity contribution < 1.29 is 22.7 Å². The summed E-state index contributed by atoms with van der Waals surface area (Å²) in [5.41, 5.74) is -1.53. The number of hydrogen-bond acceptors (Lipinski definition) is 2. The topological polar surface area (TPSA) is 33.1 Å². The highest BCUT2D eigenvalue weighted by Gasteiger charge is 2.31. The van der Waals surface area contributed by atoms with E-state index in [4.69, 9.17) is 5.11 Å². The first-order chi connectivity index (χ1) is 5.95. The van der Waals surface area contributed by atoms with Crippen LogP contribution in [0.5, 0.6) is 0 Å². The van der Waals surface area contributed by atoms with Crippen LogP contribution in [0.15, 0.2) is 12.3 Å². The molecule has 1 aromatic heterocycles. The number of halogens is 4. The number of hydrogen-bond donors (Lipinski definition) is 1. The van der Waals surface area contributed by atoms with Crippen molar-refractivity contribution >= 4 is 0 Å². The van der Waals surface area contributed by atoms with Crippen molar-refractivity contribution in [3.63, 3.8) is 0 Å². The van der Waals surface area contributed by atoms with Crippen molar-refractivity contribution in [3.05, 3.63) is 29.3 Å². The quantitative estimate of drug-likeness (QED) is 0.546. The highest BCUT2D eigenvalue weighted by molar-refractivity contribution is 5.21. The fourth-order valence-electron chi connectivity index (χ4n) is 0.760. The van der Waals surface area contributed by atoms with Gasteiger partial charge in [-0.05, 0) is 6.07 Å². The lowest BCUT2D eigenvalue weighted by atomic mass is 10.2. The molecule has 1 N–H and O–H groups in total. The molecule has 1 heterocycles. The minimum atomic E-state index is -4.56. The number of nitrogens with zero attached hydrogens (tertiary/aromatic N) is 1. The smallest absolute Gasteiger partial charge is 0.392 e. The molecule has 6 heteroatoms. The standard InChI is InChI=1S/C7H5F4NO/c8-6-4(3-13)1-5(2-12-6)7(9,10)11/h1-2,13H,3H2. The minimum absolute atomic E-state index is 0.383. The summed E-state index contributed by atoms with van der Waals surface area (Å²) in [4.78, 5) is 2.87. The maximum atomic E-state index is 12.5. The zero-order valence-electron chi connectivity index (χ0n) is 6.27. The van der Waals surface area contributed by atoms with Crippen LogP contribution in [0.1, 0.15) is 11.1 Å². The summed E-state index contributed by atoms with van der Waals surface area (Å²) in [6.07, 6.45) is -4.18. The molecule has 0 aliphatic carbocycles. The second kappa shape index (κ2) is 3.29. The molecule has 0 aliphatic heterocycles. The largest absolute Gasteiger partial charge is 0.417 e. The Labute approximate surface area is 70.8 Å². The van der Waals surface area contributed by atoms with E-state index in [0.717, 1.165) is 0 Å². The van der Waals surface area contributed by atoms with Crippen LogP contribution in [0.2, 0.25) is 0 Å². The van der Waals surface area contributed by atoms with Gasteiger partial charge in [-0.25, -0.2) is 4.98 Å². The van der Waals surface area contributed by atoms with E-state index in [1.807, 2.05) is 0 Å². The number of aliphatic hydroxyl groups excluding tert-OH is 1. The Balaban J connectivity index is 3.14. The number of aliphatic hydroxyl groups is 1. The third-order valence-corrected chi connectivity index (χ3v) is 1.41. The summed E-state index contributed by atoms with van der Waals surface area (Å²) in [7, 11) is 0. The molecule has 72 valence electrons. The van der Waals surface area contributed by atoms with Crippen molar-refractivity contribution in [3.8, 4) is 0 Å². The van der Waals surface area contributed by atoms with Gasteiger partial charge in [0.25, 0.3) is 0 Å². The molecule has 0 unspecified atom stereocenters. The monoisotopic (exact) mass is 195 g/mol. The zero-order chi connectivity index (χ0) is 10.1. The SMILES string of the molecule is OCc1cc(C(F)(F)F)cnc1F. The van der Waals surface area contributed by atoms with Crippen molar-refractivity contribution in [1.29, 1.82) is 0 Å². The molecule has 0 fully saturated rings. The Morgan fingerprint density at radius 2 is 2.00 bits per heavy atom. The first-order valence-electron chi connectivity index (χ1n) is 3.27. The van der Waals surface area contributed by atoms with Crippen molar-refractivity contribution in [2.75, 3.05) is 0 Å². The molecule has 2 nitrogen and oxygen atoms in total. The Kier molecular flexibility index (Phi) is 2.51. The number of pyridine rings is 1. The van der Waals surface area contributed by atoms with E-state index in [9.17, 15) is 17.6 Å². The molecule has 0 amide bonds. The van der Waals surface area contributed by atoms with Gasteiger partial charge < -0.3 is 5.11 Å². The second-order valence-electron chi connectivity index (χ2n) is 2.33. The zero-order valence-corrected chi connectivity index (χ0v) is 6.27. The Hall–Kier alpha value is -1.17. The van der Waals surface area contributed by atoms with Gasteiger partial charge in [-0.2, -0.15) is 17.6 Å². The van der Waals surface area contributed by atoms with Gasteiger partial charge in [0.1, 0.15) is 0 Å². The van der Waals surface area contributed by atoms with E-state index in [2.05, 4.69) is 4.98 Å². The lowest BCUT2D eigenvalue weighted by Crippen LogP contribution is -2.08. The summed E-state index contributed by atoms with van der Waals surface area (Å²) in [6, 6.07) is 0.530. The van der Waals surface area contributed by atoms with E-state index in [1.54, 1.807) is 0 Å². The molecular formula is C7H5F4NO. The lowest BCUT2D eigenvalue weighted by molar-refractivity contribution is -0.138. The minimum Gasteiger partial charge on any atom is -0.392 e. The van der Waals surface area contributed by atoms with Crippen LogP contribution < -0.4 is 0 Å². The highest BCUT2D eigenvalue weighted by Crippen LogP contribution is 2.29. The Bertz CT molecular complexity index is 310. The lowest BCUT2D eigenvalue weighted by Gasteiger charge is -2.07. The van der Waals surface area contributed by atoms with E-state index in [-0.39, 0.29) is 0 Å². The number of rotatable bonds is 1. The maximum Gasteiger partial charge on any atom is 0.417 e. The highest BCUT2D eigenvalue weighted by atomic mass is 19.4. The van der Waals surface area contributed by atoms with Gasteiger partial charge >= 0.3 is 6.18 Å². The molecule has 0 saturated carbocycles. The Morgan fingerprint density at radius 3 is 2.46 bits per heavy atom. The van der Waals surface area contributed by atoms with Crippen molar-refractivity contribution in [2.45, 2.75) is 12.8 Å². The summed E-state index contributed by atoms with van der Waals surface area (Å²) >= 11 is 0. The number of alkyl halides is 3. The average molecular weight is 195 g/mol. The fourth-order valence-corrected chi connectivity index (χ4v) is 0.760. The van der Waals surface area contributed by atoms with Crippen LogP contribution in [0.3, 0.4) is 0 Å². The molecule has 1 rings (SSSR count). The molecule has 0 bridgehead atoms. The molecule has 0 atom stereocenters. The van der Waals surface area contributed by atoms with Gasteiger partial charge in [0.2, 0.25) is 5.95 Å². The molecule has 1 aromatic rings. The molecule has 0 spiro atoms. The second-order valence-corrected chi connectivity index (χ2v) is 2.33. The Morgan fingerprint density at radius 1 is 1.38 bits per heavy atom. The first kappa shape index (κ1) is 9.91. The van der Waals surface area contributed by atoms with Gasteiger partial charge in [0.05, 0.1) is 12.2 Å². The van der Waals surface area contributed by atoms with Crippen LogP contribution in [-0.2, 0) is 12.8 Å². The number of aromatic nitrogens is 1. The third-order valence-electron chi connectivity index (χ3n) is 1.41. The summed E-state index contributed by atoms with van der Waals surface area (Å²) in [5, 5.41) is 8.46.